The van der Waals surface area contributed by atoms with Crippen molar-refractivity contribution in [3.05, 3.63) is 23.3 Å². The molecule has 0 unspecified atom stereocenters. The fourth-order valence-electron chi connectivity index (χ4n) is 2.68. The highest BCUT2D eigenvalue weighted by Gasteiger charge is 2.22. The van der Waals surface area contributed by atoms with E-state index < -0.39 is 0 Å². The molecule has 22 heavy (non-hydrogen) atoms. The number of aromatic amines is 2. The number of hydrogen-bond acceptors (Lipinski definition) is 5. The van der Waals surface area contributed by atoms with Crippen LogP contribution in [0.2, 0.25) is 0 Å². The zero-order valence-corrected chi connectivity index (χ0v) is 13.0. The Bertz CT molecular complexity index is 626. The highest BCUT2D eigenvalue weighted by atomic mass is 16.2. The van der Waals surface area contributed by atoms with E-state index >= 15 is 0 Å². The molecule has 0 bridgehead atoms. The van der Waals surface area contributed by atoms with Gasteiger partial charge in [-0.05, 0) is 19.4 Å². The second-order valence-electron chi connectivity index (χ2n) is 5.60. The summed E-state index contributed by atoms with van der Waals surface area (Å²) in [6, 6.07) is 0. The molecule has 3 rings (SSSR count). The van der Waals surface area contributed by atoms with E-state index in [0.717, 1.165) is 49.1 Å². The first-order chi connectivity index (χ1) is 10.6. The normalized spacial score (nSPS) is 15.4. The lowest BCUT2D eigenvalue weighted by Crippen LogP contribution is -2.49. The highest BCUT2D eigenvalue weighted by Crippen LogP contribution is 2.13. The summed E-state index contributed by atoms with van der Waals surface area (Å²) >= 11 is 0. The van der Waals surface area contributed by atoms with Gasteiger partial charge in [0.15, 0.2) is 0 Å². The van der Waals surface area contributed by atoms with Crippen LogP contribution in [-0.4, -0.2) is 62.4 Å². The van der Waals surface area contributed by atoms with Gasteiger partial charge in [-0.3, -0.25) is 9.89 Å². The molecular formula is C14H21N7O. The zero-order chi connectivity index (χ0) is 15.5. The van der Waals surface area contributed by atoms with Crippen molar-refractivity contribution in [2.75, 3.05) is 31.1 Å². The third kappa shape index (κ3) is 2.95. The number of piperazine rings is 1. The van der Waals surface area contributed by atoms with E-state index in [1.54, 1.807) is 0 Å². The van der Waals surface area contributed by atoms with Crippen molar-refractivity contribution in [3.63, 3.8) is 0 Å². The van der Waals surface area contributed by atoms with Crippen LogP contribution in [0.4, 0.5) is 5.95 Å². The molecule has 0 aliphatic carbocycles. The molecule has 0 radical (unpaired) electrons. The summed E-state index contributed by atoms with van der Waals surface area (Å²) in [6.07, 6.45) is 2.70. The number of nitrogens with zero attached hydrogens (tertiary/aromatic N) is 5. The molecule has 2 aromatic rings. The van der Waals surface area contributed by atoms with Crippen LogP contribution < -0.4 is 4.90 Å². The van der Waals surface area contributed by atoms with Gasteiger partial charge in [0.05, 0.1) is 5.69 Å². The largest absolute Gasteiger partial charge is 0.339 e. The molecule has 1 aliphatic heterocycles. The van der Waals surface area contributed by atoms with E-state index in [1.807, 2.05) is 18.7 Å². The van der Waals surface area contributed by atoms with E-state index in [9.17, 15) is 4.79 Å². The second-order valence-corrected chi connectivity index (χ2v) is 5.60. The lowest BCUT2D eigenvalue weighted by Gasteiger charge is -2.34. The van der Waals surface area contributed by atoms with Gasteiger partial charge in [0.2, 0.25) is 11.9 Å². The standard InChI is InChI=1S/C14H21N7O/c1-10-11(2)17-18-12(10)3-4-13(22)20-5-7-21(8-6-20)14-15-9-16-19-14/h9H,3-8H2,1-2H3,(H,17,18)(H,15,16,19). The molecule has 1 fully saturated rings. The summed E-state index contributed by atoms with van der Waals surface area (Å²) in [4.78, 5) is 20.5. The van der Waals surface area contributed by atoms with Gasteiger partial charge in [-0.25, -0.2) is 5.10 Å². The first kappa shape index (κ1) is 14.6. The first-order valence-electron chi connectivity index (χ1n) is 7.53. The van der Waals surface area contributed by atoms with Gasteiger partial charge in [-0.15, -0.1) is 0 Å². The Hall–Kier alpha value is -2.38. The van der Waals surface area contributed by atoms with Crippen molar-refractivity contribution in [3.8, 4) is 0 Å². The number of nitrogens with one attached hydrogen (secondary N) is 2. The van der Waals surface area contributed by atoms with E-state index in [-0.39, 0.29) is 5.91 Å². The lowest BCUT2D eigenvalue weighted by atomic mass is 10.1. The predicted octanol–water partition coefficient (Wildman–Crippen LogP) is 0.426. The number of amides is 1. The number of carbonyl (C=O) groups is 1. The number of aryl methyl sites for hydroxylation is 2. The molecule has 0 aromatic carbocycles. The highest BCUT2D eigenvalue weighted by molar-refractivity contribution is 5.76. The molecule has 0 atom stereocenters. The van der Waals surface area contributed by atoms with E-state index in [2.05, 4.69) is 30.3 Å². The maximum atomic E-state index is 12.3. The Morgan fingerprint density at radius 2 is 2.00 bits per heavy atom. The molecule has 2 N–H and O–H groups in total. The monoisotopic (exact) mass is 303 g/mol. The Labute approximate surface area is 128 Å². The number of anilines is 1. The molecule has 0 spiro atoms. The Kier molecular flexibility index (Phi) is 4.08. The minimum atomic E-state index is 0.192. The maximum Gasteiger partial charge on any atom is 0.223 e. The predicted molar refractivity (Wildman–Crippen MR) is 81.6 cm³/mol. The Morgan fingerprint density at radius 3 is 2.59 bits per heavy atom. The molecule has 8 nitrogen and oxygen atoms in total. The van der Waals surface area contributed by atoms with E-state index in [0.29, 0.717) is 12.8 Å². The summed E-state index contributed by atoms with van der Waals surface area (Å²) in [7, 11) is 0. The number of H-pyrrole nitrogens is 2. The Morgan fingerprint density at radius 1 is 1.23 bits per heavy atom. The van der Waals surface area contributed by atoms with Gasteiger partial charge in [-0.2, -0.15) is 15.2 Å². The number of carbonyl (C=O) groups excluding carboxylic acids is 1. The fraction of sp³-hybridized carbons (Fsp3) is 0.571. The molecule has 8 heteroatoms. The molecular weight excluding hydrogens is 282 g/mol. The topological polar surface area (TPSA) is 93.8 Å². The van der Waals surface area contributed by atoms with Crippen LogP contribution >= 0.6 is 0 Å². The average molecular weight is 303 g/mol. The van der Waals surface area contributed by atoms with Gasteiger partial charge in [0, 0.05) is 44.7 Å². The first-order valence-corrected chi connectivity index (χ1v) is 7.53. The molecule has 1 aliphatic rings. The summed E-state index contributed by atoms with van der Waals surface area (Å²) in [5.74, 6) is 0.965. The molecule has 1 amide bonds. The van der Waals surface area contributed by atoms with Gasteiger partial charge in [0.25, 0.3) is 0 Å². The summed E-state index contributed by atoms with van der Waals surface area (Å²) < 4.78 is 0. The molecule has 2 aromatic heterocycles. The van der Waals surface area contributed by atoms with E-state index in [4.69, 9.17) is 0 Å². The summed E-state index contributed by atoms with van der Waals surface area (Å²) in [5.41, 5.74) is 3.22. The summed E-state index contributed by atoms with van der Waals surface area (Å²) in [5, 5.41) is 13.9. The van der Waals surface area contributed by atoms with Gasteiger partial charge in [0.1, 0.15) is 6.33 Å². The van der Waals surface area contributed by atoms with Crippen LogP contribution in [-0.2, 0) is 11.2 Å². The second kappa shape index (κ2) is 6.17. The molecule has 0 saturated carbocycles. The van der Waals surface area contributed by atoms with Crippen LogP contribution in [0.25, 0.3) is 0 Å². The van der Waals surface area contributed by atoms with Crippen molar-refractivity contribution in [2.24, 2.45) is 0 Å². The van der Waals surface area contributed by atoms with Crippen LogP contribution in [0, 0.1) is 13.8 Å². The van der Waals surface area contributed by atoms with Gasteiger partial charge in [-0.1, -0.05) is 0 Å². The lowest BCUT2D eigenvalue weighted by molar-refractivity contribution is -0.131. The molecule has 118 valence electrons. The van der Waals surface area contributed by atoms with Gasteiger partial charge >= 0.3 is 0 Å². The minimum Gasteiger partial charge on any atom is -0.339 e. The van der Waals surface area contributed by atoms with Crippen LogP contribution in [0.1, 0.15) is 23.4 Å². The van der Waals surface area contributed by atoms with Crippen LogP contribution in [0.15, 0.2) is 6.33 Å². The van der Waals surface area contributed by atoms with Crippen molar-refractivity contribution < 1.29 is 4.79 Å². The van der Waals surface area contributed by atoms with Crippen molar-refractivity contribution in [2.45, 2.75) is 26.7 Å². The molecule has 3 heterocycles. The van der Waals surface area contributed by atoms with Crippen molar-refractivity contribution in [1.29, 1.82) is 0 Å². The minimum absolute atomic E-state index is 0.192. The zero-order valence-electron chi connectivity index (χ0n) is 13.0. The maximum absolute atomic E-state index is 12.3. The van der Waals surface area contributed by atoms with E-state index in [1.165, 1.54) is 6.33 Å². The number of hydrogen-bond donors (Lipinski definition) is 2. The van der Waals surface area contributed by atoms with Gasteiger partial charge < -0.3 is 9.80 Å². The smallest absolute Gasteiger partial charge is 0.223 e. The quantitative estimate of drug-likeness (QED) is 0.854. The third-order valence-corrected chi connectivity index (χ3v) is 4.26. The van der Waals surface area contributed by atoms with Crippen molar-refractivity contribution >= 4 is 11.9 Å². The van der Waals surface area contributed by atoms with Crippen LogP contribution in [0.3, 0.4) is 0 Å². The van der Waals surface area contributed by atoms with Crippen molar-refractivity contribution in [1.82, 2.24) is 30.3 Å². The average Bonchev–Trinajstić information content (AvgIpc) is 3.17. The SMILES string of the molecule is Cc1[nH]nc(CCC(=O)N2CCN(c3ncn[nH]3)CC2)c1C. The van der Waals surface area contributed by atoms with Crippen LogP contribution in [0.5, 0.6) is 0 Å². The fourth-order valence-corrected chi connectivity index (χ4v) is 2.68. The number of aromatic nitrogens is 5. The Balaban J connectivity index is 1.49. The summed E-state index contributed by atoms with van der Waals surface area (Å²) in [6.45, 7) is 7.03. The third-order valence-electron chi connectivity index (χ3n) is 4.26. The molecule has 1 saturated heterocycles. The number of rotatable bonds is 4.